The standard InChI is InChI=1S/C14H16O3S.Na/c1-3-10-6-5-7-12-13(18(15,16)17)9-8-11(4-2)14(10)12;/h5-9H,3-4H2,1-2H3,(H,15,16,17);/q;+1/p-1. The summed E-state index contributed by atoms with van der Waals surface area (Å²) in [4.78, 5) is -0.120. The van der Waals surface area contributed by atoms with Crippen LogP contribution in [-0.2, 0) is 23.0 Å². The van der Waals surface area contributed by atoms with Crippen molar-refractivity contribution in [2.75, 3.05) is 0 Å². The van der Waals surface area contributed by atoms with Crippen LogP contribution in [-0.4, -0.2) is 13.0 Å². The average Bonchev–Trinajstić information content (AvgIpc) is 2.35. The number of benzene rings is 2. The van der Waals surface area contributed by atoms with Gasteiger partial charge in [-0.1, -0.05) is 38.1 Å². The Morgan fingerprint density at radius 3 is 2.11 bits per heavy atom. The first kappa shape index (κ1) is 16.7. The van der Waals surface area contributed by atoms with Crippen LogP contribution in [0.15, 0.2) is 35.2 Å². The molecule has 0 N–H and O–H groups in total. The summed E-state index contributed by atoms with van der Waals surface area (Å²) in [6, 6.07) is 8.64. The van der Waals surface area contributed by atoms with Crippen molar-refractivity contribution in [3.8, 4) is 0 Å². The van der Waals surface area contributed by atoms with Gasteiger partial charge in [0.25, 0.3) is 0 Å². The van der Waals surface area contributed by atoms with E-state index in [1.54, 1.807) is 18.2 Å². The van der Waals surface area contributed by atoms with Gasteiger partial charge in [-0.05, 0) is 40.8 Å². The summed E-state index contributed by atoms with van der Waals surface area (Å²) in [6.07, 6.45) is 1.62. The van der Waals surface area contributed by atoms with E-state index in [9.17, 15) is 13.0 Å². The Balaban J connectivity index is 0.00000180. The Hall–Kier alpha value is -0.390. The largest absolute Gasteiger partial charge is 1.00 e. The van der Waals surface area contributed by atoms with Crippen molar-refractivity contribution in [1.29, 1.82) is 0 Å². The molecule has 2 aromatic rings. The Bertz CT molecular complexity index is 683. The normalized spacial score (nSPS) is 11.3. The summed E-state index contributed by atoms with van der Waals surface area (Å²) in [5.41, 5.74) is 2.16. The first-order valence-corrected chi connectivity index (χ1v) is 7.39. The Morgan fingerprint density at radius 2 is 1.58 bits per heavy atom. The Labute approximate surface area is 136 Å². The predicted molar refractivity (Wildman–Crippen MR) is 70.7 cm³/mol. The molecule has 0 saturated carbocycles. The fourth-order valence-electron chi connectivity index (χ4n) is 2.34. The Morgan fingerprint density at radius 1 is 1.00 bits per heavy atom. The molecule has 0 aliphatic heterocycles. The number of hydrogen-bond acceptors (Lipinski definition) is 3. The van der Waals surface area contributed by atoms with Crippen LogP contribution in [0.2, 0.25) is 0 Å². The quantitative estimate of drug-likeness (QED) is 0.583. The zero-order chi connectivity index (χ0) is 13.3. The summed E-state index contributed by atoms with van der Waals surface area (Å²) >= 11 is 0. The van der Waals surface area contributed by atoms with Gasteiger partial charge in [0.15, 0.2) is 0 Å². The van der Waals surface area contributed by atoms with Crippen molar-refractivity contribution < 1.29 is 42.5 Å². The van der Waals surface area contributed by atoms with Gasteiger partial charge in [-0.15, -0.1) is 0 Å². The molecule has 2 aromatic carbocycles. The van der Waals surface area contributed by atoms with Gasteiger partial charge in [0.1, 0.15) is 10.1 Å². The molecule has 0 spiro atoms. The summed E-state index contributed by atoms with van der Waals surface area (Å²) in [7, 11) is -4.43. The number of rotatable bonds is 3. The van der Waals surface area contributed by atoms with Gasteiger partial charge in [-0.3, -0.25) is 0 Å². The van der Waals surface area contributed by atoms with Gasteiger partial charge < -0.3 is 4.55 Å². The third-order valence-electron chi connectivity index (χ3n) is 3.20. The van der Waals surface area contributed by atoms with Gasteiger partial charge >= 0.3 is 29.6 Å². The molecule has 96 valence electrons. The molecule has 0 amide bonds. The fraction of sp³-hybridized carbons (Fsp3) is 0.286. The molecule has 0 saturated heterocycles. The molecule has 0 radical (unpaired) electrons. The number of hydrogen-bond donors (Lipinski definition) is 0. The zero-order valence-corrected chi connectivity index (χ0v) is 14.3. The Kier molecular flexibility index (Phi) is 5.59. The summed E-state index contributed by atoms with van der Waals surface area (Å²) in [5, 5.41) is 1.46. The molecule has 2 rings (SSSR count). The number of aryl methyl sites for hydroxylation is 2. The first-order chi connectivity index (χ1) is 8.49. The molecular weight excluding hydrogens is 271 g/mol. The van der Waals surface area contributed by atoms with E-state index in [1.165, 1.54) is 6.07 Å². The summed E-state index contributed by atoms with van der Waals surface area (Å²) in [5.74, 6) is 0. The molecule has 3 nitrogen and oxygen atoms in total. The van der Waals surface area contributed by atoms with E-state index in [0.717, 1.165) is 29.4 Å². The SMILES string of the molecule is CCc1cccc2c(S(=O)(=O)[O-])ccc(CC)c12.[Na+]. The van der Waals surface area contributed by atoms with Gasteiger partial charge in [0, 0.05) is 0 Å². The molecule has 0 aliphatic rings. The summed E-state index contributed by atoms with van der Waals surface area (Å²) < 4.78 is 33.9. The molecule has 0 aliphatic carbocycles. The van der Waals surface area contributed by atoms with E-state index in [1.807, 2.05) is 19.9 Å². The van der Waals surface area contributed by atoms with Crippen LogP contribution < -0.4 is 29.6 Å². The van der Waals surface area contributed by atoms with Crippen LogP contribution in [0.25, 0.3) is 10.8 Å². The van der Waals surface area contributed by atoms with Gasteiger partial charge in [0.05, 0.1) is 4.90 Å². The van der Waals surface area contributed by atoms with Crippen LogP contribution in [0.3, 0.4) is 0 Å². The van der Waals surface area contributed by atoms with Crippen LogP contribution in [0, 0.1) is 0 Å². The molecule has 5 heteroatoms. The molecular formula is C14H15NaO3S. The fourth-order valence-corrected chi connectivity index (χ4v) is 3.02. The zero-order valence-electron chi connectivity index (χ0n) is 11.4. The van der Waals surface area contributed by atoms with Crippen LogP contribution in [0.1, 0.15) is 25.0 Å². The van der Waals surface area contributed by atoms with Crippen molar-refractivity contribution in [1.82, 2.24) is 0 Å². The van der Waals surface area contributed by atoms with Crippen LogP contribution in [0.5, 0.6) is 0 Å². The van der Waals surface area contributed by atoms with E-state index in [2.05, 4.69) is 0 Å². The maximum atomic E-state index is 11.3. The average molecular weight is 286 g/mol. The van der Waals surface area contributed by atoms with E-state index in [0.29, 0.717) is 5.39 Å². The topological polar surface area (TPSA) is 57.2 Å². The van der Waals surface area contributed by atoms with Gasteiger partial charge in [0.2, 0.25) is 0 Å². The first-order valence-electron chi connectivity index (χ1n) is 5.98. The summed E-state index contributed by atoms with van der Waals surface area (Å²) in [6.45, 7) is 4.04. The third-order valence-corrected chi connectivity index (χ3v) is 4.10. The van der Waals surface area contributed by atoms with Crippen LogP contribution >= 0.6 is 0 Å². The monoisotopic (exact) mass is 286 g/mol. The maximum Gasteiger partial charge on any atom is 1.00 e. The molecule has 0 unspecified atom stereocenters. The van der Waals surface area contributed by atoms with E-state index >= 15 is 0 Å². The maximum absolute atomic E-state index is 11.3. The van der Waals surface area contributed by atoms with Crippen molar-refractivity contribution in [3.63, 3.8) is 0 Å². The second kappa shape index (κ2) is 6.37. The predicted octanol–water partition coefficient (Wildman–Crippen LogP) is -0.127. The van der Waals surface area contributed by atoms with E-state index < -0.39 is 10.1 Å². The van der Waals surface area contributed by atoms with Crippen molar-refractivity contribution in [3.05, 3.63) is 41.5 Å². The van der Waals surface area contributed by atoms with Crippen molar-refractivity contribution >= 4 is 20.9 Å². The van der Waals surface area contributed by atoms with Crippen molar-refractivity contribution in [2.24, 2.45) is 0 Å². The van der Waals surface area contributed by atoms with Crippen LogP contribution in [0.4, 0.5) is 0 Å². The molecule has 0 heterocycles. The molecule has 0 atom stereocenters. The second-order valence-electron chi connectivity index (χ2n) is 4.22. The van der Waals surface area contributed by atoms with E-state index in [-0.39, 0.29) is 34.5 Å². The molecule has 0 aromatic heterocycles. The smallest absolute Gasteiger partial charge is 0.744 e. The number of fused-ring (bicyclic) bond motifs is 1. The van der Waals surface area contributed by atoms with Gasteiger partial charge in [-0.2, -0.15) is 0 Å². The minimum atomic E-state index is -4.43. The second-order valence-corrected chi connectivity index (χ2v) is 5.57. The molecule has 0 bridgehead atoms. The molecule has 0 fully saturated rings. The third kappa shape index (κ3) is 3.20. The molecule has 19 heavy (non-hydrogen) atoms. The van der Waals surface area contributed by atoms with Crippen molar-refractivity contribution in [2.45, 2.75) is 31.6 Å². The minimum absolute atomic E-state index is 0. The minimum Gasteiger partial charge on any atom is -0.744 e. The van der Waals surface area contributed by atoms with Gasteiger partial charge in [-0.25, -0.2) is 8.42 Å². The van der Waals surface area contributed by atoms with E-state index in [4.69, 9.17) is 0 Å².